The monoisotopic (exact) mass is 453 g/mol. The number of nitrogens with one attached hydrogen (secondary N) is 1. The van der Waals surface area contributed by atoms with E-state index in [-0.39, 0.29) is 13.0 Å². The molecule has 0 saturated carbocycles. The molecule has 27 heavy (non-hydrogen) atoms. The van der Waals surface area contributed by atoms with Crippen molar-refractivity contribution in [1.29, 1.82) is 0 Å². The van der Waals surface area contributed by atoms with Crippen LogP contribution in [0.2, 0.25) is 5.02 Å². The van der Waals surface area contributed by atoms with Crippen LogP contribution in [0.1, 0.15) is 11.1 Å². The van der Waals surface area contributed by atoms with Crippen LogP contribution >= 0.6 is 27.5 Å². The van der Waals surface area contributed by atoms with Crippen molar-refractivity contribution in [3.8, 4) is 11.5 Å². The van der Waals surface area contributed by atoms with Crippen molar-refractivity contribution in [3.63, 3.8) is 0 Å². The summed E-state index contributed by atoms with van der Waals surface area (Å²) in [6.45, 7) is 2.36. The topological polar surface area (TPSA) is 73.9 Å². The van der Waals surface area contributed by atoms with Gasteiger partial charge in [-0.1, -0.05) is 27.5 Å². The fourth-order valence-corrected chi connectivity index (χ4v) is 3.35. The zero-order valence-electron chi connectivity index (χ0n) is 14.5. The molecule has 0 saturated heterocycles. The van der Waals surface area contributed by atoms with Gasteiger partial charge in [0.15, 0.2) is 18.1 Å². The van der Waals surface area contributed by atoms with E-state index in [0.717, 1.165) is 10.0 Å². The van der Waals surface area contributed by atoms with Gasteiger partial charge in [0.25, 0.3) is 5.91 Å². The maximum Gasteiger partial charge on any atom is 0.310 e. The smallest absolute Gasteiger partial charge is 0.310 e. The molecule has 0 radical (unpaired) electrons. The fourth-order valence-electron chi connectivity index (χ4n) is 2.58. The molecule has 1 aliphatic rings. The first-order valence-electron chi connectivity index (χ1n) is 8.22. The molecule has 0 unspecified atom stereocenters. The van der Waals surface area contributed by atoms with Gasteiger partial charge in [0.1, 0.15) is 13.2 Å². The van der Waals surface area contributed by atoms with Gasteiger partial charge in [-0.25, -0.2) is 0 Å². The van der Waals surface area contributed by atoms with Gasteiger partial charge in [0.2, 0.25) is 0 Å². The highest BCUT2D eigenvalue weighted by atomic mass is 79.9. The number of hydrogen-bond donors (Lipinski definition) is 1. The summed E-state index contributed by atoms with van der Waals surface area (Å²) in [4.78, 5) is 24.0. The van der Waals surface area contributed by atoms with E-state index in [0.29, 0.717) is 41.0 Å². The number of benzene rings is 2. The van der Waals surface area contributed by atoms with Crippen LogP contribution in [0.3, 0.4) is 0 Å². The lowest BCUT2D eigenvalue weighted by atomic mass is 10.1. The Balaban J connectivity index is 1.53. The third-order valence-electron chi connectivity index (χ3n) is 3.83. The first-order valence-corrected chi connectivity index (χ1v) is 9.39. The summed E-state index contributed by atoms with van der Waals surface area (Å²) in [5, 5.41) is 3.09. The molecular weight excluding hydrogens is 438 g/mol. The van der Waals surface area contributed by atoms with Gasteiger partial charge >= 0.3 is 5.97 Å². The molecule has 2 aromatic carbocycles. The van der Waals surface area contributed by atoms with E-state index in [2.05, 4.69) is 21.2 Å². The molecule has 3 rings (SSSR count). The van der Waals surface area contributed by atoms with Crippen LogP contribution in [0.15, 0.2) is 34.8 Å². The molecule has 0 aliphatic carbocycles. The molecule has 0 fully saturated rings. The van der Waals surface area contributed by atoms with Crippen molar-refractivity contribution in [2.75, 3.05) is 25.1 Å². The maximum absolute atomic E-state index is 12.0. The van der Waals surface area contributed by atoms with Crippen molar-refractivity contribution < 1.29 is 23.8 Å². The highest BCUT2D eigenvalue weighted by Crippen LogP contribution is 2.38. The second-order valence-corrected chi connectivity index (χ2v) is 7.27. The number of carbonyl (C=O) groups is 2. The summed E-state index contributed by atoms with van der Waals surface area (Å²) >= 11 is 9.51. The number of aryl methyl sites for hydroxylation is 1. The minimum atomic E-state index is -0.537. The molecule has 0 spiro atoms. The molecule has 1 heterocycles. The molecule has 1 amide bonds. The summed E-state index contributed by atoms with van der Waals surface area (Å²) in [5.41, 5.74) is 2.19. The van der Waals surface area contributed by atoms with E-state index in [1.807, 2.05) is 19.1 Å². The first kappa shape index (κ1) is 19.5. The van der Waals surface area contributed by atoms with Crippen molar-refractivity contribution >= 4 is 45.1 Å². The molecule has 0 bridgehead atoms. The Labute approximate surface area is 169 Å². The molecule has 1 N–H and O–H groups in total. The minimum absolute atomic E-state index is 0.0268. The minimum Gasteiger partial charge on any atom is -0.486 e. The summed E-state index contributed by atoms with van der Waals surface area (Å²) < 4.78 is 16.9. The Morgan fingerprint density at radius 2 is 2.00 bits per heavy atom. The van der Waals surface area contributed by atoms with Crippen molar-refractivity contribution in [3.05, 3.63) is 51.0 Å². The lowest BCUT2D eigenvalue weighted by Crippen LogP contribution is -2.22. The number of ether oxygens (including phenoxy) is 3. The third kappa shape index (κ3) is 5.14. The lowest BCUT2D eigenvalue weighted by Gasteiger charge is -2.20. The third-order valence-corrected chi connectivity index (χ3v) is 4.61. The largest absolute Gasteiger partial charge is 0.486 e. The van der Waals surface area contributed by atoms with E-state index < -0.39 is 11.9 Å². The van der Waals surface area contributed by atoms with Crippen LogP contribution in [0.25, 0.3) is 0 Å². The molecule has 2 aromatic rings. The highest BCUT2D eigenvalue weighted by Gasteiger charge is 2.18. The lowest BCUT2D eigenvalue weighted by molar-refractivity contribution is -0.146. The number of esters is 1. The van der Waals surface area contributed by atoms with Gasteiger partial charge in [-0.3, -0.25) is 9.59 Å². The summed E-state index contributed by atoms with van der Waals surface area (Å²) in [6.07, 6.45) is -0.0268. The van der Waals surface area contributed by atoms with E-state index in [9.17, 15) is 9.59 Å². The summed E-state index contributed by atoms with van der Waals surface area (Å²) in [6, 6.07) is 8.79. The van der Waals surface area contributed by atoms with Gasteiger partial charge < -0.3 is 19.5 Å². The van der Waals surface area contributed by atoms with Gasteiger partial charge in [0.05, 0.1) is 11.4 Å². The second kappa shape index (κ2) is 8.63. The van der Waals surface area contributed by atoms with Gasteiger partial charge in [-0.15, -0.1) is 0 Å². The molecule has 6 nitrogen and oxygen atoms in total. The van der Waals surface area contributed by atoms with Crippen molar-refractivity contribution in [1.82, 2.24) is 0 Å². The number of hydrogen-bond acceptors (Lipinski definition) is 5. The van der Waals surface area contributed by atoms with E-state index in [1.54, 1.807) is 18.2 Å². The number of halogens is 2. The molecule has 1 aliphatic heterocycles. The summed E-state index contributed by atoms with van der Waals surface area (Å²) in [7, 11) is 0. The standard InChI is InChI=1S/C19H17BrClNO5/c1-11-6-13(20)2-3-15(11)22-17(23)10-27-18(24)9-12-7-14(21)19-16(8-12)25-4-5-26-19/h2-3,6-8H,4-5,9-10H2,1H3,(H,22,23). The predicted octanol–water partition coefficient (Wildman–Crippen LogP) is 3.91. The van der Waals surface area contributed by atoms with E-state index in [4.69, 9.17) is 25.8 Å². The Morgan fingerprint density at radius 1 is 1.22 bits per heavy atom. The van der Waals surface area contributed by atoms with Gasteiger partial charge in [-0.2, -0.15) is 0 Å². The number of fused-ring (bicyclic) bond motifs is 1. The van der Waals surface area contributed by atoms with Crippen molar-refractivity contribution in [2.24, 2.45) is 0 Å². The van der Waals surface area contributed by atoms with Gasteiger partial charge in [0, 0.05) is 10.2 Å². The number of carbonyl (C=O) groups excluding carboxylic acids is 2. The van der Waals surface area contributed by atoms with E-state index in [1.165, 1.54) is 0 Å². The zero-order chi connectivity index (χ0) is 19.4. The summed E-state index contributed by atoms with van der Waals surface area (Å²) in [5.74, 6) is 0.0312. The Bertz CT molecular complexity index is 887. The Morgan fingerprint density at radius 3 is 2.78 bits per heavy atom. The normalized spacial score (nSPS) is 12.4. The second-order valence-electron chi connectivity index (χ2n) is 5.95. The molecule has 0 atom stereocenters. The van der Waals surface area contributed by atoms with Gasteiger partial charge in [-0.05, 0) is 48.4 Å². The molecular formula is C19H17BrClNO5. The number of anilines is 1. The SMILES string of the molecule is Cc1cc(Br)ccc1NC(=O)COC(=O)Cc1cc(Cl)c2c(c1)OCCO2. The van der Waals surface area contributed by atoms with Crippen LogP contribution in [0, 0.1) is 6.92 Å². The van der Waals surface area contributed by atoms with Crippen LogP contribution < -0.4 is 14.8 Å². The average molecular weight is 455 g/mol. The Kier molecular flexibility index (Phi) is 6.23. The maximum atomic E-state index is 12.0. The van der Waals surface area contributed by atoms with Crippen LogP contribution in [0.5, 0.6) is 11.5 Å². The molecule has 8 heteroatoms. The molecule has 0 aromatic heterocycles. The van der Waals surface area contributed by atoms with Crippen molar-refractivity contribution in [2.45, 2.75) is 13.3 Å². The Hall–Kier alpha value is -2.25. The predicted molar refractivity (Wildman–Crippen MR) is 105 cm³/mol. The van der Waals surface area contributed by atoms with Crippen LogP contribution in [-0.4, -0.2) is 31.7 Å². The van der Waals surface area contributed by atoms with E-state index >= 15 is 0 Å². The number of amides is 1. The fraction of sp³-hybridized carbons (Fsp3) is 0.263. The average Bonchev–Trinajstić information content (AvgIpc) is 2.62. The zero-order valence-corrected chi connectivity index (χ0v) is 16.9. The number of rotatable bonds is 5. The quantitative estimate of drug-likeness (QED) is 0.694. The highest BCUT2D eigenvalue weighted by molar-refractivity contribution is 9.10. The van der Waals surface area contributed by atoms with Crippen LogP contribution in [0.4, 0.5) is 5.69 Å². The van der Waals surface area contributed by atoms with Crippen LogP contribution in [-0.2, 0) is 20.7 Å². The first-order chi connectivity index (χ1) is 12.9. The molecule has 142 valence electrons.